The summed E-state index contributed by atoms with van der Waals surface area (Å²) in [6, 6.07) is 7.68. The average molecular weight is 282 g/mol. The van der Waals surface area contributed by atoms with Gasteiger partial charge in [-0.1, -0.05) is 23.7 Å². The van der Waals surface area contributed by atoms with Gasteiger partial charge in [0.25, 0.3) is 0 Å². The van der Waals surface area contributed by atoms with E-state index in [2.05, 4.69) is 10.2 Å². The van der Waals surface area contributed by atoms with Crippen LogP contribution in [0.25, 0.3) is 0 Å². The molecule has 1 amide bonds. The van der Waals surface area contributed by atoms with Gasteiger partial charge >= 0.3 is 0 Å². The van der Waals surface area contributed by atoms with E-state index in [4.69, 9.17) is 17.3 Å². The molecular weight excluding hydrogens is 262 g/mol. The number of hydrogen-bond acceptors (Lipinski definition) is 3. The smallest absolute Gasteiger partial charge is 0.240 e. The summed E-state index contributed by atoms with van der Waals surface area (Å²) < 4.78 is 0. The van der Waals surface area contributed by atoms with Gasteiger partial charge in [0.1, 0.15) is 0 Å². The number of benzene rings is 1. The van der Waals surface area contributed by atoms with Crippen LogP contribution in [-0.2, 0) is 4.79 Å². The van der Waals surface area contributed by atoms with Gasteiger partial charge in [-0.15, -0.1) is 0 Å². The van der Waals surface area contributed by atoms with Gasteiger partial charge in [-0.3, -0.25) is 9.69 Å². The predicted molar refractivity (Wildman–Crippen MR) is 77.0 cm³/mol. The molecule has 0 radical (unpaired) electrons. The Morgan fingerprint density at radius 2 is 2.26 bits per heavy atom. The van der Waals surface area contributed by atoms with Crippen LogP contribution in [0.3, 0.4) is 0 Å². The number of piperazine rings is 1. The van der Waals surface area contributed by atoms with E-state index in [-0.39, 0.29) is 11.9 Å². The molecule has 3 N–H and O–H groups in total. The highest BCUT2D eigenvalue weighted by atomic mass is 35.5. The minimum absolute atomic E-state index is 0.000231. The first-order chi connectivity index (χ1) is 8.96. The maximum atomic E-state index is 12.0. The second-order valence-corrected chi connectivity index (χ2v) is 5.75. The number of carbonyl (C=O) groups excluding carboxylic acids is 1. The molecule has 0 aliphatic carbocycles. The lowest BCUT2D eigenvalue weighted by atomic mass is 9.93. The summed E-state index contributed by atoms with van der Waals surface area (Å²) in [4.78, 5) is 14.2. The highest BCUT2D eigenvalue weighted by Crippen LogP contribution is 2.30. The molecule has 0 bridgehead atoms. The van der Waals surface area contributed by atoms with E-state index in [1.807, 2.05) is 38.1 Å². The van der Waals surface area contributed by atoms with Crippen LogP contribution < -0.4 is 11.1 Å². The fraction of sp³-hybridized carbons (Fsp3) is 0.500. The van der Waals surface area contributed by atoms with Gasteiger partial charge in [0.2, 0.25) is 5.91 Å². The van der Waals surface area contributed by atoms with E-state index < -0.39 is 5.54 Å². The number of nitrogens with two attached hydrogens (primary N) is 1. The zero-order valence-electron chi connectivity index (χ0n) is 11.3. The molecule has 1 aromatic rings. The van der Waals surface area contributed by atoms with Crippen molar-refractivity contribution in [3.63, 3.8) is 0 Å². The monoisotopic (exact) mass is 281 g/mol. The van der Waals surface area contributed by atoms with Crippen molar-refractivity contribution in [3.05, 3.63) is 34.9 Å². The minimum atomic E-state index is -0.565. The van der Waals surface area contributed by atoms with Crippen LogP contribution >= 0.6 is 11.6 Å². The van der Waals surface area contributed by atoms with Gasteiger partial charge in [0.15, 0.2) is 0 Å². The summed E-state index contributed by atoms with van der Waals surface area (Å²) in [5, 5.41) is 3.59. The molecule has 5 heteroatoms. The molecule has 1 saturated heterocycles. The Morgan fingerprint density at radius 1 is 1.53 bits per heavy atom. The molecule has 1 fully saturated rings. The van der Waals surface area contributed by atoms with Crippen LogP contribution in [0.15, 0.2) is 24.3 Å². The molecule has 2 rings (SSSR count). The molecule has 104 valence electrons. The Morgan fingerprint density at radius 3 is 2.89 bits per heavy atom. The Kier molecular flexibility index (Phi) is 4.13. The first kappa shape index (κ1) is 14.3. The molecule has 0 spiro atoms. The Hall–Kier alpha value is -1.10. The number of rotatable bonds is 3. The highest BCUT2D eigenvalue weighted by Gasteiger charge is 2.41. The molecular formula is C14H20ClN3O. The molecule has 1 aliphatic rings. The quantitative estimate of drug-likeness (QED) is 0.884. The van der Waals surface area contributed by atoms with Gasteiger partial charge in [0, 0.05) is 30.7 Å². The number of amides is 1. The third-order valence-corrected chi connectivity index (χ3v) is 3.98. The minimum Gasteiger partial charge on any atom is -0.353 e. The average Bonchev–Trinajstić information content (AvgIpc) is 2.36. The van der Waals surface area contributed by atoms with Gasteiger partial charge in [0.05, 0.1) is 5.54 Å². The molecule has 1 unspecified atom stereocenters. The maximum absolute atomic E-state index is 12.0. The van der Waals surface area contributed by atoms with Crippen molar-refractivity contribution < 1.29 is 4.79 Å². The predicted octanol–water partition coefficient (Wildman–Crippen LogP) is 1.55. The maximum Gasteiger partial charge on any atom is 0.240 e. The molecule has 1 aliphatic heterocycles. The largest absolute Gasteiger partial charge is 0.353 e. The van der Waals surface area contributed by atoms with Crippen molar-refractivity contribution in [3.8, 4) is 0 Å². The summed E-state index contributed by atoms with van der Waals surface area (Å²) in [6.07, 6.45) is 0. The Labute approximate surface area is 118 Å². The summed E-state index contributed by atoms with van der Waals surface area (Å²) in [7, 11) is 0. The van der Waals surface area contributed by atoms with Crippen molar-refractivity contribution >= 4 is 17.5 Å². The van der Waals surface area contributed by atoms with E-state index in [0.29, 0.717) is 18.1 Å². The zero-order chi connectivity index (χ0) is 14.0. The van der Waals surface area contributed by atoms with Crippen LogP contribution in [0.1, 0.15) is 25.5 Å². The molecule has 4 nitrogen and oxygen atoms in total. The summed E-state index contributed by atoms with van der Waals surface area (Å²) >= 11 is 6.05. The van der Waals surface area contributed by atoms with Crippen LogP contribution in [0.4, 0.5) is 0 Å². The lowest BCUT2D eigenvalue weighted by Gasteiger charge is -2.45. The third kappa shape index (κ3) is 2.76. The summed E-state index contributed by atoms with van der Waals surface area (Å²) in [5.41, 5.74) is 6.42. The second-order valence-electron chi connectivity index (χ2n) is 5.31. The summed E-state index contributed by atoms with van der Waals surface area (Å²) in [6.45, 7) is 5.74. The van der Waals surface area contributed by atoms with Crippen molar-refractivity contribution in [1.29, 1.82) is 0 Å². The lowest BCUT2D eigenvalue weighted by molar-refractivity contribution is -0.137. The van der Waals surface area contributed by atoms with Gasteiger partial charge in [-0.25, -0.2) is 0 Å². The first-order valence-corrected chi connectivity index (χ1v) is 6.85. The van der Waals surface area contributed by atoms with Crippen molar-refractivity contribution in [1.82, 2.24) is 10.2 Å². The van der Waals surface area contributed by atoms with Gasteiger partial charge in [-0.2, -0.15) is 0 Å². The van der Waals surface area contributed by atoms with Gasteiger partial charge in [-0.05, 0) is 31.5 Å². The number of nitrogens with one attached hydrogen (secondary N) is 1. The van der Waals surface area contributed by atoms with E-state index >= 15 is 0 Å². The first-order valence-electron chi connectivity index (χ1n) is 6.47. The summed E-state index contributed by atoms with van der Waals surface area (Å²) in [5.74, 6) is 0.0410. The third-order valence-electron chi connectivity index (χ3n) is 3.74. The standard InChI is InChI=1S/C14H20ClN3O/c1-14(2)13(19)17-6-7-18(14)12(9-16)10-4-3-5-11(15)8-10/h3-5,8,12H,6-7,9,16H2,1-2H3,(H,17,19). The number of carbonyl (C=O) groups is 1. The molecule has 1 heterocycles. The van der Waals surface area contributed by atoms with Crippen molar-refractivity contribution in [2.45, 2.75) is 25.4 Å². The fourth-order valence-corrected chi connectivity index (χ4v) is 2.82. The van der Waals surface area contributed by atoms with Crippen molar-refractivity contribution in [2.75, 3.05) is 19.6 Å². The molecule has 1 aromatic carbocycles. The second kappa shape index (κ2) is 5.49. The molecule has 1 atom stereocenters. The van der Waals surface area contributed by atoms with Crippen molar-refractivity contribution in [2.24, 2.45) is 5.73 Å². The van der Waals surface area contributed by atoms with E-state index in [9.17, 15) is 4.79 Å². The Bertz CT molecular complexity index is 476. The van der Waals surface area contributed by atoms with Crippen LogP contribution in [-0.4, -0.2) is 36.0 Å². The van der Waals surface area contributed by atoms with E-state index in [1.165, 1.54) is 0 Å². The molecule has 19 heavy (non-hydrogen) atoms. The highest BCUT2D eigenvalue weighted by molar-refractivity contribution is 6.30. The normalized spacial score (nSPS) is 20.9. The Balaban J connectivity index is 2.33. The fourth-order valence-electron chi connectivity index (χ4n) is 2.62. The zero-order valence-corrected chi connectivity index (χ0v) is 12.1. The van der Waals surface area contributed by atoms with Crippen LogP contribution in [0.2, 0.25) is 5.02 Å². The molecule has 0 saturated carbocycles. The SMILES string of the molecule is CC1(C)C(=O)NCCN1C(CN)c1cccc(Cl)c1. The molecule has 0 aromatic heterocycles. The lowest BCUT2D eigenvalue weighted by Crippen LogP contribution is -2.63. The number of hydrogen-bond donors (Lipinski definition) is 2. The van der Waals surface area contributed by atoms with E-state index in [1.54, 1.807) is 0 Å². The number of nitrogens with zero attached hydrogens (tertiary/aromatic N) is 1. The van der Waals surface area contributed by atoms with E-state index in [0.717, 1.165) is 12.1 Å². The van der Waals surface area contributed by atoms with Crippen LogP contribution in [0.5, 0.6) is 0 Å². The number of halogens is 1. The topological polar surface area (TPSA) is 58.4 Å². The van der Waals surface area contributed by atoms with Crippen LogP contribution in [0, 0.1) is 0 Å². The van der Waals surface area contributed by atoms with Gasteiger partial charge < -0.3 is 11.1 Å².